The van der Waals surface area contributed by atoms with Crippen LogP contribution in [0.4, 0.5) is 5.95 Å². The highest BCUT2D eigenvalue weighted by molar-refractivity contribution is 6.14. The van der Waals surface area contributed by atoms with E-state index in [0.717, 1.165) is 5.56 Å². The molecule has 1 aliphatic heterocycles. The van der Waals surface area contributed by atoms with Gasteiger partial charge in [-0.3, -0.25) is 4.79 Å². The van der Waals surface area contributed by atoms with Crippen LogP contribution in [0.2, 0.25) is 0 Å². The predicted molar refractivity (Wildman–Crippen MR) is 114 cm³/mol. The number of nitrogens with one attached hydrogen (secondary N) is 1. The topological polar surface area (TPSA) is 117 Å². The molecule has 1 N–H and O–H groups in total. The van der Waals surface area contributed by atoms with Gasteiger partial charge in [-0.15, -0.1) is 0 Å². The summed E-state index contributed by atoms with van der Waals surface area (Å²) in [6, 6.07) is 11.5. The lowest BCUT2D eigenvalue weighted by atomic mass is 9.89. The van der Waals surface area contributed by atoms with E-state index in [-0.39, 0.29) is 23.0 Å². The van der Waals surface area contributed by atoms with E-state index < -0.39 is 12.0 Å². The normalized spacial score (nSPS) is 14.9. The number of aromatic nitrogens is 4. The van der Waals surface area contributed by atoms with Gasteiger partial charge in [0.2, 0.25) is 5.95 Å². The summed E-state index contributed by atoms with van der Waals surface area (Å²) in [5, 5.41) is 14.5. The van der Waals surface area contributed by atoms with Gasteiger partial charge in [-0.05, 0) is 35.0 Å². The van der Waals surface area contributed by atoms with Crippen LogP contribution in [0, 0.1) is 6.92 Å². The Balaban J connectivity index is 1.95. The fraction of sp³-hybridized carbons (Fsp3) is 0.227. The van der Waals surface area contributed by atoms with Gasteiger partial charge in [0.1, 0.15) is 11.7 Å². The number of hydrogen-bond donors (Lipinski definition) is 1. The third-order valence-corrected chi connectivity index (χ3v) is 5.19. The summed E-state index contributed by atoms with van der Waals surface area (Å²) < 4.78 is 17.1. The van der Waals surface area contributed by atoms with E-state index in [1.54, 1.807) is 30.3 Å². The molecule has 0 spiro atoms. The summed E-state index contributed by atoms with van der Waals surface area (Å²) in [5.74, 6) is 0.107. The van der Waals surface area contributed by atoms with E-state index >= 15 is 0 Å². The molecule has 10 heteroatoms. The number of benzene rings is 2. The summed E-state index contributed by atoms with van der Waals surface area (Å²) in [4.78, 5) is 26.4. The van der Waals surface area contributed by atoms with Crippen LogP contribution >= 0.6 is 0 Å². The number of aryl methyl sites for hydroxylation is 1. The minimum absolute atomic E-state index is 0.0276. The van der Waals surface area contributed by atoms with Crippen LogP contribution in [-0.4, -0.2) is 53.3 Å². The number of nitrogens with zero attached hydrogens (tertiary/aromatic N) is 4. The van der Waals surface area contributed by atoms with Crippen LogP contribution in [0.25, 0.3) is 0 Å². The van der Waals surface area contributed by atoms with Crippen molar-refractivity contribution in [2.24, 2.45) is 0 Å². The first kappa shape index (κ1) is 21.0. The highest BCUT2D eigenvalue weighted by Gasteiger charge is 2.38. The van der Waals surface area contributed by atoms with Gasteiger partial charge in [0.05, 0.1) is 26.9 Å². The van der Waals surface area contributed by atoms with Gasteiger partial charge in [-0.1, -0.05) is 41.0 Å². The second-order valence-corrected chi connectivity index (χ2v) is 7.06. The number of esters is 1. The highest BCUT2D eigenvalue weighted by atomic mass is 16.5. The van der Waals surface area contributed by atoms with Crippen molar-refractivity contribution in [3.8, 4) is 11.5 Å². The van der Waals surface area contributed by atoms with Crippen LogP contribution in [0.1, 0.15) is 27.5 Å². The van der Waals surface area contributed by atoms with Gasteiger partial charge in [0, 0.05) is 5.56 Å². The first-order chi connectivity index (χ1) is 15.5. The summed E-state index contributed by atoms with van der Waals surface area (Å²) in [7, 11) is 4.29. The molecule has 0 amide bonds. The maximum absolute atomic E-state index is 13.7. The monoisotopic (exact) mass is 435 g/mol. The minimum Gasteiger partial charge on any atom is -0.493 e. The zero-order chi connectivity index (χ0) is 22.8. The molecule has 2 heterocycles. The number of tetrazole rings is 1. The van der Waals surface area contributed by atoms with Crippen LogP contribution in [0.3, 0.4) is 0 Å². The smallest absolute Gasteiger partial charge is 0.355 e. The van der Waals surface area contributed by atoms with Crippen LogP contribution < -0.4 is 14.8 Å². The van der Waals surface area contributed by atoms with Gasteiger partial charge in [0.15, 0.2) is 17.3 Å². The van der Waals surface area contributed by atoms with Crippen molar-refractivity contribution in [3.05, 3.63) is 70.4 Å². The lowest BCUT2D eigenvalue weighted by Gasteiger charge is -2.28. The maximum Gasteiger partial charge on any atom is 0.355 e. The zero-order valence-electron chi connectivity index (χ0n) is 17.9. The summed E-state index contributed by atoms with van der Waals surface area (Å²) in [6.07, 6.45) is 0. The Bertz CT molecular complexity index is 1220. The van der Waals surface area contributed by atoms with Crippen molar-refractivity contribution < 1.29 is 23.8 Å². The third kappa shape index (κ3) is 3.55. The predicted octanol–water partition coefficient (Wildman–Crippen LogP) is 2.32. The molecule has 0 unspecified atom stereocenters. The van der Waals surface area contributed by atoms with Gasteiger partial charge in [0.25, 0.3) is 0 Å². The van der Waals surface area contributed by atoms with Crippen LogP contribution in [0.5, 0.6) is 11.5 Å². The Hall–Kier alpha value is -4.21. The Morgan fingerprint density at radius 3 is 2.38 bits per heavy atom. The number of anilines is 1. The molecular formula is C22H21N5O5. The van der Waals surface area contributed by atoms with Crippen molar-refractivity contribution in [2.75, 3.05) is 26.6 Å². The van der Waals surface area contributed by atoms with E-state index in [9.17, 15) is 9.59 Å². The Labute approximate surface area is 183 Å². The zero-order valence-corrected chi connectivity index (χ0v) is 17.9. The molecule has 0 bridgehead atoms. The molecule has 0 saturated heterocycles. The van der Waals surface area contributed by atoms with Gasteiger partial charge >= 0.3 is 5.97 Å². The molecule has 0 aliphatic carbocycles. The second kappa shape index (κ2) is 8.50. The molecule has 0 saturated carbocycles. The standard InChI is InChI=1S/C22H21N5O5/c1-12-5-7-13(8-6-12)20(28)17-18(21(29)32-4)23-22-24-25-26-27(22)19(17)14-9-10-15(30-2)16(11-14)31-3/h5-11,19H,1-4H3,(H,23,24,26)/t19-/m1/s1. The van der Waals surface area contributed by atoms with Crippen LogP contribution in [-0.2, 0) is 9.53 Å². The molecule has 32 heavy (non-hydrogen) atoms. The average molecular weight is 435 g/mol. The Morgan fingerprint density at radius 2 is 1.72 bits per heavy atom. The van der Waals surface area contributed by atoms with Gasteiger partial charge in [-0.25, -0.2) is 4.79 Å². The van der Waals surface area contributed by atoms with Crippen LogP contribution in [0.15, 0.2) is 53.7 Å². The molecule has 3 aromatic rings. The van der Waals surface area contributed by atoms with Gasteiger partial charge < -0.3 is 19.5 Å². The largest absolute Gasteiger partial charge is 0.493 e. The number of rotatable bonds is 6. The minimum atomic E-state index is -0.816. The first-order valence-electron chi connectivity index (χ1n) is 9.69. The summed E-state index contributed by atoms with van der Waals surface area (Å²) in [6.45, 7) is 1.93. The number of carbonyl (C=O) groups is 2. The molecule has 1 aromatic heterocycles. The molecule has 4 rings (SSSR count). The highest BCUT2D eigenvalue weighted by Crippen LogP contribution is 2.39. The lowest BCUT2D eigenvalue weighted by molar-refractivity contribution is -0.136. The van der Waals surface area contributed by atoms with Crippen molar-refractivity contribution >= 4 is 17.7 Å². The molecule has 0 radical (unpaired) electrons. The molecule has 164 valence electrons. The van der Waals surface area contributed by atoms with Crippen molar-refractivity contribution in [1.29, 1.82) is 0 Å². The number of hydrogen-bond acceptors (Lipinski definition) is 9. The molecule has 0 fully saturated rings. The van der Waals surface area contributed by atoms with E-state index in [0.29, 0.717) is 22.6 Å². The third-order valence-electron chi connectivity index (χ3n) is 5.19. The SMILES string of the molecule is COC(=O)C1=C(C(=O)c2ccc(C)cc2)[C@@H](c2ccc(OC)c(OC)c2)n2nnnc2N1. The van der Waals surface area contributed by atoms with Crippen molar-refractivity contribution in [3.63, 3.8) is 0 Å². The number of methoxy groups -OCH3 is 3. The lowest BCUT2D eigenvalue weighted by Crippen LogP contribution is -2.33. The van der Waals surface area contributed by atoms with E-state index in [4.69, 9.17) is 14.2 Å². The Morgan fingerprint density at radius 1 is 1.00 bits per heavy atom. The van der Waals surface area contributed by atoms with E-state index in [1.807, 2.05) is 19.1 Å². The number of ketones is 1. The molecule has 1 aliphatic rings. The molecule has 1 atom stereocenters. The molecule has 2 aromatic carbocycles. The van der Waals surface area contributed by atoms with E-state index in [2.05, 4.69) is 20.8 Å². The molecule has 10 nitrogen and oxygen atoms in total. The number of Topliss-reactive ketones (excluding diaryl/α,β-unsaturated/α-hetero) is 1. The average Bonchev–Trinajstić information content (AvgIpc) is 3.30. The summed E-state index contributed by atoms with van der Waals surface area (Å²) in [5.41, 5.74) is 2.16. The maximum atomic E-state index is 13.7. The number of allylic oxidation sites excluding steroid dienone is 1. The van der Waals surface area contributed by atoms with Crippen molar-refractivity contribution in [2.45, 2.75) is 13.0 Å². The Kier molecular flexibility index (Phi) is 5.59. The number of ether oxygens (including phenoxy) is 3. The van der Waals surface area contributed by atoms with Gasteiger partial charge in [-0.2, -0.15) is 4.68 Å². The van der Waals surface area contributed by atoms with Crippen molar-refractivity contribution in [1.82, 2.24) is 20.2 Å². The second-order valence-electron chi connectivity index (χ2n) is 7.06. The fourth-order valence-electron chi connectivity index (χ4n) is 3.58. The number of carbonyl (C=O) groups excluding carboxylic acids is 2. The number of fused-ring (bicyclic) bond motifs is 1. The quantitative estimate of drug-likeness (QED) is 0.460. The first-order valence-corrected chi connectivity index (χ1v) is 9.69. The van der Waals surface area contributed by atoms with E-state index in [1.165, 1.54) is 26.0 Å². The fourth-order valence-corrected chi connectivity index (χ4v) is 3.58. The molecular weight excluding hydrogens is 414 g/mol. The summed E-state index contributed by atoms with van der Waals surface area (Å²) >= 11 is 0.